The lowest BCUT2D eigenvalue weighted by molar-refractivity contribution is -0.148. The van der Waals surface area contributed by atoms with Gasteiger partial charge in [0.15, 0.2) is 5.96 Å². The molecular formula is C48H69N15O11S2. The third-order valence-electron chi connectivity index (χ3n) is 12.5. The monoisotopic (exact) mass is 1100 g/mol. The van der Waals surface area contributed by atoms with Crippen LogP contribution in [0, 0.1) is 0 Å². The largest absolute Gasteiger partial charge is 0.370 e. The summed E-state index contributed by atoms with van der Waals surface area (Å²) in [6.07, 6.45) is -1.07. The summed E-state index contributed by atoms with van der Waals surface area (Å²) in [5, 5.41) is 12.6. The smallest absolute Gasteiger partial charge is 0.246 e. The van der Waals surface area contributed by atoms with E-state index in [2.05, 4.69) is 31.6 Å². The van der Waals surface area contributed by atoms with Crippen LogP contribution in [0.1, 0.15) is 56.1 Å². The predicted molar refractivity (Wildman–Crippen MR) is 283 cm³/mol. The van der Waals surface area contributed by atoms with E-state index < -0.39 is 139 Å². The molecule has 26 nitrogen and oxygen atoms in total. The fourth-order valence-corrected chi connectivity index (χ4v) is 10.6. The Morgan fingerprint density at radius 3 is 1.89 bits per heavy atom. The minimum atomic E-state index is -1.78. The highest BCUT2D eigenvalue weighted by molar-refractivity contribution is 8.76. The van der Waals surface area contributed by atoms with Crippen molar-refractivity contribution in [1.82, 2.24) is 41.3 Å². The van der Waals surface area contributed by atoms with Crippen LogP contribution in [0.25, 0.3) is 0 Å². The molecule has 0 aromatic heterocycles. The summed E-state index contributed by atoms with van der Waals surface area (Å²) >= 11 is 0. The van der Waals surface area contributed by atoms with Crippen LogP contribution in [-0.2, 0) is 65.6 Å². The van der Waals surface area contributed by atoms with Gasteiger partial charge in [-0.15, -0.1) is 0 Å². The summed E-state index contributed by atoms with van der Waals surface area (Å²) in [4.78, 5) is 158. The minimum Gasteiger partial charge on any atom is -0.370 e. The summed E-state index contributed by atoms with van der Waals surface area (Å²) in [5.41, 5.74) is 34.9. The topological polar surface area (TPSA) is 426 Å². The van der Waals surface area contributed by atoms with Crippen molar-refractivity contribution in [2.75, 3.05) is 45.2 Å². The van der Waals surface area contributed by atoms with Gasteiger partial charge in [0.2, 0.25) is 65.0 Å². The first-order valence-corrected chi connectivity index (χ1v) is 26.9. The van der Waals surface area contributed by atoms with Crippen molar-refractivity contribution in [2.45, 2.75) is 106 Å². The summed E-state index contributed by atoms with van der Waals surface area (Å²) in [6, 6.07) is 6.44. The van der Waals surface area contributed by atoms with Gasteiger partial charge >= 0.3 is 0 Å². The number of guanidine groups is 1. The number of carbonyl (C=O) groups excluding carboxylic acids is 11. The Morgan fingerprint density at radius 1 is 0.724 bits per heavy atom. The summed E-state index contributed by atoms with van der Waals surface area (Å²) in [6.45, 7) is -0.414. The minimum absolute atomic E-state index is 0.00696. The third-order valence-corrected chi connectivity index (χ3v) is 14.9. The van der Waals surface area contributed by atoms with Gasteiger partial charge in [0.1, 0.15) is 42.3 Å². The van der Waals surface area contributed by atoms with Gasteiger partial charge in [-0.2, -0.15) is 0 Å². The zero-order valence-electron chi connectivity index (χ0n) is 42.4. The Hall–Kier alpha value is -7.46. The van der Waals surface area contributed by atoms with Crippen LogP contribution in [0.4, 0.5) is 0 Å². The lowest BCUT2D eigenvalue weighted by Crippen LogP contribution is -2.61. The number of nitrogens with one attached hydrogen (secondary N) is 5. The fraction of sp³-hybridized carbons (Fsp3) is 0.500. The molecule has 4 rings (SSSR count). The van der Waals surface area contributed by atoms with E-state index in [4.69, 9.17) is 34.4 Å². The van der Waals surface area contributed by atoms with Crippen LogP contribution >= 0.6 is 21.6 Å². The van der Waals surface area contributed by atoms with Gasteiger partial charge < -0.3 is 75.7 Å². The highest BCUT2D eigenvalue weighted by atomic mass is 33.1. The molecule has 0 bridgehead atoms. The molecule has 11 amide bonds. The van der Waals surface area contributed by atoms with Crippen molar-refractivity contribution in [3.8, 4) is 0 Å². The van der Waals surface area contributed by atoms with Crippen molar-refractivity contribution in [3.63, 3.8) is 0 Å². The zero-order chi connectivity index (χ0) is 56.1. The maximum absolute atomic E-state index is 14.8. The second-order valence-corrected chi connectivity index (χ2v) is 20.8. The summed E-state index contributed by atoms with van der Waals surface area (Å²) in [5.74, 6) is -9.84. The Bertz CT molecular complexity index is 2440. The van der Waals surface area contributed by atoms with E-state index in [0.29, 0.717) is 17.5 Å². The third kappa shape index (κ3) is 19.0. The molecule has 0 radical (unpaired) electrons. The number of likely N-dealkylation sites (tertiary alicyclic amines) is 1. The number of hydrogen-bond acceptors (Lipinski definition) is 15. The second kappa shape index (κ2) is 30.2. The molecule has 17 N–H and O–H groups in total. The van der Waals surface area contributed by atoms with Crippen LogP contribution in [0.3, 0.4) is 0 Å². The maximum Gasteiger partial charge on any atom is 0.246 e. The standard InChI is InChI=1S/C48H69N15O11S2/c1-61-35(21-27-11-5-3-6-12-27)44(71)58-31(17-18-37(50)64)41(68)59-32(23-38(51)65)42(69)60-33(26-76-75-25-29(49)45(72)62(2)36(47(61)74)22-28-13-7-4-8-14-28)46(73)63-20-10-16-34(63)43(70)57-30(15-9-19-55-48(53)54)40(67)56-24-39(52)66/h3-8,11-14,29-36H,9-10,15-26,49H2,1-2H3,(H2,50,64)(H2,51,65)(H2,52,66)(H,56,67)(H,57,70)(H,58,71)(H,59,68)(H,60,69)(H4,53,54,55)/t29-,30-,31?,32-,33-,34-,35+,36+/m0/s1. The number of nitrogens with two attached hydrogens (primary N) is 6. The number of benzene rings is 2. The number of carbonyl (C=O) groups is 11. The van der Waals surface area contributed by atoms with Crippen LogP contribution in [0.15, 0.2) is 65.7 Å². The van der Waals surface area contributed by atoms with Crippen molar-refractivity contribution in [2.24, 2.45) is 39.4 Å². The Labute approximate surface area is 447 Å². The molecule has 2 saturated heterocycles. The van der Waals surface area contributed by atoms with Gasteiger partial charge in [-0.05, 0) is 43.2 Å². The van der Waals surface area contributed by atoms with E-state index >= 15 is 0 Å². The van der Waals surface area contributed by atoms with Gasteiger partial charge in [0.05, 0.1) is 19.0 Å². The average Bonchev–Trinajstić information content (AvgIpc) is 3.88. The van der Waals surface area contributed by atoms with Crippen LogP contribution in [0.5, 0.6) is 0 Å². The number of aliphatic imine (C=N–C) groups is 1. The first kappa shape index (κ1) is 61.1. The van der Waals surface area contributed by atoms with Crippen molar-refractivity contribution in [1.29, 1.82) is 0 Å². The summed E-state index contributed by atoms with van der Waals surface area (Å²) in [7, 11) is 4.88. The highest BCUT2D eigenvalue weighted by Crippen LogP contribution is 2.27. The van der Waals surface area contributed by atoms with Gasteiger partial charge in [0.25, 0.3) is 0 Å². The highest BCUT2D eigenvalue weighted by Gasteiger charge is 2.42. The molecule has 0 spiro atoms. The number of primary amides is 3. The Balaban J connectivity index is 1.75. The van der Waals surface area contributed by atoms with E-state index in [1.165, 1.54) is 28.8 Å². The van der Waals surface area contributed by atoms with Crippen molar-refractivity contribution < 1.29 is 52.7 Å². The predicted octanol–water partition coefficient (Wildman–Crippen LogP) is -4.43. The second-order valence-electron chi connectivity index (χ2n) is 18.2. The molecule has 2 aliphatic heterocycles. The molecule has 0 aliphatic carbocycles. The van der Waals surface area contributed by atoms with Crippen LogP contribution in [-0.4, -0.2) is 179 Å². The molecule has 1 unspecified atom stereocenters. The number of rotatable bonds is 19. The number of likely N-dealkylation sites (N-methyl/N-ethyl adjacent to an activating group) is 2. The number of hydrogen-bond donors (Lipinski definition) is 11. The Kier molecular flexibility index (Phi) is 24.3. The van der Waals surface area contributed by atoms with Crippen LogP contribution in [0.2, 0.25) is 0 Å². The molecule has 414 valence electrons. The fourth-order valence-electron chi connectivity index (χ4n) is 8.38. The van der Waals surface area contributed by atoms with Gasteiger partial charge in [-0.3, -0.25) is 57.7 Å². The normalized spacial score (nSPS) is 22.8. The number of amides is 11. The molecule has 2 aromatic rings. The average molecular weight is 1100 g/mol. The molecule has 2 aliphatic rings. The van der Waals surface area contributed by atoms with E-state index in [1.807, 2.05) is 0 Å². The van der Waals surface area contributed by atoms with E-state index in [9.17, 15) is 52.7 Å². The molecule has 2 fully saturated rings. The number of nitrogens with zero attached hydrogens (tertiary/aromatic N) is 4. The molecule has 2 aromatic carbocycles. The quantitative estimate of drug-likeness (QED) is 0.0274. The molecule has 0 saturated carbocycles. The molecule has 8 atom stereocenters. The van der Waals surface area contributed by atoms with Gasteiger partial charge in [-0.25, -0.2) is 0 Å². The Morgan fingerprint density at radius 2 is 1.30 bits per heavy atom. The first-order valence-electron chi connectivity index (χ1n) is 24.4. The lowest BCUT2D eigenvalue weighted by atomic mass is 9.99. The molecular weight excluding hydrogens is 1030 g/mol. The van der Waals surface area contributed by atoms with E-state index in [1.54, 1.807) is 60.7 Å². The van der Waals surface area contributed by atoms with Gasteiger partial charge in [0, 0.05) is 58.0 Å². The first-order chi connectivity index (χ1) is 36.1. The maximum atomic E-state index is 14.8. The van der Waals surface area contributed by atoms with Crippen molar-refractivity contribution >= 4 is 92.5 Å². The summed E-state index contributed by atoms with van der Waals surface area (Å²) < 4.78 is 0. The van der Waals surface area contributed by atoms with E-state index in [-0.39, 0.29) is 62.7 Å². The van der Waals surface area contributed by atoms with Gasteiger partial charge in [-0.1, -0.05) is 82.3 Å². The lowest BCUT2D eigenvalue weighted by Gasteiger charge is -2.36. The molecule has 76 heavy (non-hydrogen) atoms. The molecule has 2 heterocycles. The zero-order valence-corrected chi connectivity index (χ0v) is 44.0. The van der Waals surface area contributed by atoms with E-state index in [0.717, 1.165) is 21.6 Å². The van der Waals surface area contributed by atoms with Crippen molar-refractivity contribution in [3.05, 3.63) is 71.8 Å². The molecule has 28 heteroatoms. The van der Waals surface area contributed by atoms with Crippen LogP contribution < -0.4 is 61.0 Å². The SMILES string of the molecule is CN1C(=O)[C@@H](Cc2ccccc2)N(C)C(=O)[C@@H](N)CSSC[C@@H](C(=O)N2CCC[C@H]2C(=O)N[C@@H](CCCN=C(N)N)C(=O)NCC(N)=O)NC(=O)[C@H](CC(N)=O)NC(=O)C(CCC(N)=O)NC(=O)[C@H]1Cc1ccccc1.